The Morgan fingerprint density at radius 3 is 2.65 bits per heavy atom. The lowest BCUT2D eigenvalue weighted by molar-refractivity contribution is 0.634. The van der Waals surface area contributed by atoms with Crippen LogP contribution in [0.3, 0.4) is 0 Å². The van der Waals surface area contributed by atoms with Crippen LogP contribution in [-0.2, 0) is 6.54 Å². The number of pyridine rings is 1. The summed E-state index contributed by atoms with van der Waals surface area (Å²) < 4.78 is 0. The maximum absolute atomic E-state index is 4.50. The van der Waals surface area contributed by atoms with E-state index in [2.05, 4.69) is 55.2 Å². The van der Waals surface area contributed by atoms with Crippen LogP contribution in [0.1, 0.15) is 32.8 Å². The van der Waals surface area contributed by atoms with Crippen LogP contribution in [0, 0.1) is 5.92 Å². The standard InChI is InChI=1S/C14H25N3/c1-5-8-15-9-13-6-7-14(16-10-13)17(4)11-12(2)3/h6-7,10,12,15H,5,8-9,11H2,1-4H3. The Kier molecular flexibility index (Phi) is 5.98. The van der Waals surface area contributed by atoms with E-state index < -0.39 is 0 Å². The summed E-state index contributed by atoms with van der Waals surface area (Å²) in [6.07, 6.45) is 3.14. The van der Waals surface area contributed by atoms with Crippen molar-refractivity contribution >= 4 is 5.82 Å². The summed E-state index contributed by atoms with van der Waals surface area (Å²) in [5.41, 5.74) is 1.25. The fourth-order valence-electron chi connectivity index (χ4n) is 1.80. The van der Waals surface area contributed by atoms with E-state index in [-0.39, 0.29) is 0 Å². The Morgan fingerprint density at radius 2 is 2.12 bits per heavy atom. The van der Waals surface area contributed by atoms with E-state index in [1.165, 1.54) is 12.0 Å². The highest BCUT2D eigenvalue weighted by Gasteiger charge is 2.04. The maximum Gasteiger partial charge on any atom is 0.128 e. The second kappa shape index (κ2) is 7.28. The van der Waals surface area contributed by atoms with Gasteiger partial charge in [-0.25, -0.2) is 4.98 Å². The van der Waals surface area contributed by atoms with Crippen molar-refractivity contribution in [3.05, 3.63) is 23.9 Å². The minimum Gasteiger partial charge on any atom is -0.359 e. The molecule has 0 amide bonds. The van der Waals surface area contributed by atoms with Crippen molar-refractivity contribution in [1.29, 1.82) is 0 Å². The molecule has 3 nitrogen and oxygen atoms in total. The van der Waals surface area contributed by atoms with Gasteiger partial charge in [-0.1, -0.05) is 26.8 Å². The average molecular weight is 235 g/mol. The van der Waals surface area contributed by atoms with E-state index in [1.54, 1.807) is 0 Å². The molecule has 0 aliphatic rings. The van der Waals surface area contributed by atoms with Crippen molar-refractivity contribution in [3.63, 3.8) is 0 Å². The molecule has 0 radical (unpaired) electrons. The molecule has 1 aromatic rings. The quantitative estimate of drug-likeness (QED) is 0.736. The van der Waals surface area contributed by atoms with E-state index in [1.807, 2.05) is 6.20 Å². The predicted octanol–water partition coefficient (Wildman–Crippen LogP) is 2.67. The van der Waals surface area contributed by atoms with E-state index in [0.717, 1.165) is 25.5 Å². The molecule has 1 aromatic heterocycles. The number of rotatable bonds is 7. The Balaban J connectivity index is 2.49. The third kappa shape index (κ3) is 5.18. The zero-order valence-corrected chi connectivity index (χ0v) is 11.5. The summed E-state index contributed by atoms with van der Waals surface area (Å²) >= 11 is 0. The summed E-state index contributed by atoms with van der Waals surface area (Å²) in [7, 11) is 2.09. The summed E-state index contributed by atoms with van der Waals surface area (Å²) in [6, 6.07) is 4.26. The van der Waals surface area contributed by atoms with Gasteiger partial charge in [0.15, 0.2) is 0 Å². The summed E-state index contributed by atoms with van der Waals surface area (Å²) in [5.74, 6) is 1.71. The van der Waals surface area contributed by atoms with Crippen LogP contribution in [-0.4, -0.2) is 25.1 Å². The first-order valence-electron chi connectivity index (χ1n) is 6.50. The predicted molar refractivity (Wildman–Crippen MR) is 74.3 cm³/mol. The molecule has 0 saturated heterocycles. The summed E-state index contributed by atoms with van der Waals surface area (Å²) in [4.78, 5) is 6.70. The van der Waals surface area contributed by atoms with Gasteiger partial charge in [0.1, 0.15) is 5.82 Å². The van der Waals surface area contributed by atoms with Gasteiger partial charge in [-0.2, -0.15) is 0 Å². The molecule has 0 atom stereocenters. The second-order valence-electron chi connectivity index (χ2n) is 4.98. The highest BCUT2D eigenvalue weighted by molar-refractivity contribution is 5.38. The van der Waals surface area contributed by atoms with Gasteiger partial charge < -0.3 is 10.2 Å². The van der Waals surface area contributed by atoms with E-state index in [0.29, 0.717) is 5.92 Å². The molecule has 17 heavy (non-hydrogen) atoms. The number of nitrogens with zero attached hydrogens (tertiary/aromatic N) is 2. The lowest BCUT2D eigenvalue weighted by Crippen LogP contribution is -2.23. The van der Waals surface area contributed by atoms with Crippen LogP contribution in [0.4, 0.5) is 5.82 Å². The van der Waals surface area contributed by atoms with Crippen molar-refractivity contribution in [3.8, 4) is 0 Å². The molecule has 0 unspecified atom stereocenters. The summed E-state index contributed by atoms with van der Waals surface area (Å²) in [6.45, 7) is 9.64. The van der Waals surface area contributed by atoms with Gasteiger partial charge in [-0.15, -0.1) is 0 Å². The highest BCUT2D eigenvalue weighted by Crippen LogP contribution is 2.11. The fraction of sp³-hybridized carbons (Fsp3) is 0.643. The van der Waals surface area contributed by atoms with Crippen LogP contribution in [0.25, 0.3) is 0 Å². The molecule has 1 rings (SSSR count). The van der Waals surface area contributed by atoms with Gasteiger partial charge in [0, 0.05) is 26.3 Å². The average Bonchev–Trinajstić information content (AvgIpc) is 2.29. The van der Waals surface area contributed by atoms with Crippen molar-refractivity contribution in [2.75, 3.05) is 25.0 Å². The molecule has 0 aliphatic heterocycles. The zero-order valence-electron chi connectivity index (χ0n) is 11.5. The Hall–Kier alpha value is -1.09. The number of hydrogen-bond acceptors (Lipinski definition) is 3. The molecule has 0 aliphatic carbocycles. The molecule has 3 heteroatoms. The molecular formula is C14H25N3. The van der Waals surface area contributed by atoms with Crippen molar-refractivity contribution < 1.29 is 0 Å². The molecule has 1 N–H and O–H groups in total. The highest BCUT2D eigenvalue weighted by atomic mass is 15.2. The van der Waals surface area contributed by atoms with Crippen LogP contribution in [0.15, 0.2) is 18.3 Å². The molecular weight excluding hydrogens is 210 g/mol. The number of nitrogens with one attached hydrogen (secondary N) is 1. The topological polar surface area (TPSA) is 28.2 Å². The first-order chi connectivity index (χ1) is 8.13. The lowest BCUT2D eigenvalue weighted by Gasteiger charge is -2.20. The molecule has 0 bridgehead atoms. The molecule has 0 aromatic carbocycles. The van der Waals surface area contributed by atoms with Gasteiger partial charge in [0.25, 0.3) is 0 Å². The minimum absolute atomic E-state index is 0.660. The van der Waals surface area contributed by atoms with Gasteiger partial charge in [-0.05, 0) is 30.5 Å². The van der Waals surface area contributed by atoms with E-state index >= 15 is 0 Å². The Labute approximate surface area is 105 Å². The normalized spacial score (nSPS) is 10.9. The smallest absolute Gasteiger partial charge is 0.128 e. The Morgan fingerprint density at radius 1 is 1.35 bits per heavy atom. The Bertz CT molecular complexity index is 306. The SMILES string of the molecule is CCCNCc1ccc(N(C)CC(C)C)nc1. The van der Waals surface area contributed by atoms with Crippen LogP contribution >= 0.6 is 0 Å². The second-order valence-corrected chi connectivity index (χ2v) is 4.98. The van der Waals surface area contributed by atoms with Gasteiger partial charge >= 0.3 is 0 Å². The molecule has 0 saturated carbocycles. The largest absolute Gasteiger partial charge is 0.359 e. The van der Waals surface area contributed by atoms with Crippen LogP contribution < -0.4 is 10.2 Å². The maximum atomic E-state index is 4.50. The van der Waals surface area contributed by atoms with Crippen molar-refractivity contribution in [1.82, 2.24) is 10.3 Å². The number of aromatic nitrogens is 1. The fourth-order valence-corrected chi connectivity index (χ4v) is 1.80. The first kappa shape index (κ1) is 14.0. The van der Waals surface area contributed by atoms with Gasteiger partial charge in [-0.3, -0.25) is 0 Å². The molecule has 0 fully saturated rings. The number of hydrogen-bond donors (Lipinski definition) is 1. The van der Waals surface area contributed by atoms with Crippen molar-refractivity contribution in [2.45, 2.75) is 33.7 Å². The third-order valence-corrected chi connectivity index (χ3v) is 2.60. The summed E-state index contributed by atoms with van der Waals surface area (Å²) in [5, 5.41) is 3.38. The zero-order chi connectivity index (χ0) is 12.7. The molecule has 0 spiro atoms. The lowest BCUT2D eigenvalue weighted by atomic mass is 10.2. The monoisotopic (exact) mass is 235 g/mol. The first-order valence-corrected chi connectivity index (χ1v) is 6.50. The van der Waals surface area contributed by atoms with Crippen LogP contribution in [0.2, 0.25) is 0 Å². The minimum atomic E-state index is 0.660. The van der Waals surface area contributed by atoms with Crippen molar-refractivity contribution in [2.24, 2.45) is 5.92 Å². The molecule has 96 valence electrons. The van der Waals surface area contributed by atoms with Crippen LogP contribution in [0.5, 0.6) is 0 Å². The van der Waals surface area contributed by atoms with Gasteiger partial charge in [0.2, 0.25) is 0 Å². The van der Waals surface area contributed by atoms with E-state index in [4.69, 9.17) is 0 Å². The van der Waals surface area contributed by atoms with E-state index in [9.17, 15) is 0 Å². The third-order valence-electron chi connectivity index (χ3n) is 2.60. The molecule has 1 heterocycles. The number of anilines is 1. The van der Waals surface area contributed by atoms with Gasteiger partial charge in [0.05, 0.1) is 0 Å².